The lowest BCUT2D eigenvalue weighted by Crippen LogP contribution is -2.36. The Morgan fingerprint density at radius 2 is 2.17 bits per heavy atom. The van der Waals surface area contributed by atoms with Crippen LogP contribution in [0.15, 0.2) is 6.07 Å². The Morgan fingerprint density at radius 3 is 2.89 bits per heavy atom. The van der Waals surface area contributed by atoms with Crippen LogP contribution in [-0.4, -0.2) is 33.5 Å². The summed E-state index contributed by atoms with van der Waals surface area (Å²) >= 11 is 1.39. The van der Waals surface area contributed by atoms with Gasteiger partial charge in [-0.1, -0.05) is 11.9 Å². The molecule has 1 aromatic heterocycles. The SMILES string of the molecule is CSN1CCn2c(cc3c2CC(F)(F)CC3)C1=O. The lowest BCUT2D eigenvalue weighted by Gasteiger charge is -2.29. The fraction of sp³-hybridized carbons (Fsp3) is 0.583. The minimum absolute atomic E-state index is 0.0635. The van der Waals surface area contributed by atoms with Gasteiger partial charge in [0, 0.05) is 24.9 Å². The van der Waals surface area contributed by atoms with Crippen LogP contribution < -0.4 is 0 Å². The zero-order valence-corrected chi connectivity index (χ0v) is 10.9. The fourth-order valence-corrected chi connectivity index (χ4v) is 3.27. The molecule has 0 saturated heterocycles. The first-order chi connectivity index (χ1) is 8.52. The summed E-state index contributed by atoms with van der Waals surface area (Å²) in [5.41, 5.74) is 2.15. The van der Waals surface area contributed by atoms with Gasteiger partial charge in [-0.25, -0.2) is 8.78 Å². The minimum atomic E-state index is -2.62. The van der Waals surface area contributed by atoms with E-state index in [4.69, 9.17) is 0 Å². The van der Waals surface area contributed by atoms with E-state index in [1.165, 1.54) is 11.9 Å². The normalized spacial score (nSPS) is 21.7. The summed E-state index contributed by atoms with van der Waals surface area (Å²) in [5.74, 6) is -2.69. The van der Waals surface area contributed by atoms with Crippen LogP contribution in [0, 0.1) is 0 Å². The molecule has 0 atom stereocenters. The molecule has 1 amide bonds. The number of rotatable bonds is 1. The molecule has 0 aromatic carbocycles. The molecule has 0 radical (unpaired) electrons. The van der Waals surface area contributed by atoms with E-state index in [9.17, 15) is 13.6 Å². The van der Waals surface area contributed by atoms with E-state index in [2.05, 4.69) is 0 Å². The van der Waals surface area contributed by atoms with Gasteiger partial charge in [0.25, 0.3) is 11.8 Å². The lowest BCUT2D eigenvalue weighted by molar-refractivity contribution is -0.0142. The summed E-state index contributed by atoms with van der Waals surface area (Å²) in [6.45, 7) is 1.20. The third-order valence-corrected chi connectivity index (χ3v) is 4.47. The van der Waals surface area contributed by atoms with Crippen LogP contribution in [0.1, 0.15) is 28.2 Å². The van der Waals surface area contributed by atoms with E-state index < -0.39 is 5.92 Å². The summed E-state index contributed by atoms with van der Waals surface area (Å²) in [5, 5.41) is 0. The average Bonchev–Trinajstić information content (AvgIpc) is 2.67. The zero-order valence-electron chi connectivity index (χ0n) is 10.1. The van der Waals surface area contributed by atoms with Crippen LogP contribution in [0.5, 0.6) is 0 Å². The van der Waals surface area contributed by atoms with Gasteiger partial charge in [0.05, 0.1) is 13.0 Å². The number of hydrogen-bond acceptors (Lipinski definition) is 2. The number of carbonyl (C=O) groups is 1. The summed E-state index contributed by atoms with van der Waals surface area (Å²) in [4.78, 5) is 12.1. The molecular formula is C12H14F2N2OS. The van der Waals surface area contributed by atoms with E-state index >= 15 is 0 Å². The average molecular weight is 272 g/mol. The van der Waals surface area contributed by atoms with Gasteiger partial charge >= 0.3 is 0 Å². The molecule has 0 spiro atoms. The van der Waals surface area contributed by atoms with Crippen molar-refractivity contribution >= 4 is 17.9 Å². The summed E-state index contributed by atoms with van der Waals surface area (Å²) in [6.07, 6.45) is 1.89. The van der Waals surface area contributed by atoms with Gasteiger partial charge < -0.3 is 4.57 Å². The number of carbonyl (C=O) groups excluding carboxylic acids is 1. The first kappa shape index (κ1) is 12.0. The smallest absolute Gasteiger partial charge is 0.280 e. The van der Waals surface area contributed by atoms with Crippen molar-refractivity contribution in [2.24, 2.45) is 0 Å². The number of aryl methyl sites for hydroxylation is 1. The molecule has 6 heteroatoms. The molecule has 0 unspecified atom stereocenters. The second-order valence-corrected chi connectivity index (χ2v) is 5.58. The highest BCUT2D eigenvalue weighted by Gasteiger charge is 2.38. The monoisotopic (exact) mass is 272 g/mol. The highest BCUT2D eigenvalue weighted by Crippen LogP contribution is 2.36. The highest BCUT2D eigenvalue weighted by molar-refractivity contribution is 7.96. The molecule has 0 bridgehead atoms. The first-order valence-electron chi connectivity index (χ1n) is 5.97. The number of amides is 1. The van der Waals surface area contributed by atoms with Crippen molar-refractivity contribution in [2.45, 2.75) is 31.7 Å². The Labute approximate surface area is 108 Å². The third-order valence-electron chi connectivity index (χ3n) is 3.68. The number of alkyl halides is 2. The van der Waals surface area contributed by atoms with Gasteiger partial charge in [0.15, 0.2) is 0 Å². The van der Waals surface area contributed by atoms with Crippen LogP contribution >= 0.6 is 11.9 Å². The summed E-state index contributed by atoms with van der Waals surface area (Å²) < 4.78 is 30.4. The molecule has 18 heavy (non-hydrogen) atoms. The number of fused-ring (bicyclic) bond motifs is 3. The van der Waals surface area contributed by atoms with Gasteiger partial charge in [-0.3, -0.25) is 9.10 Å². The molecule has 2 aliphatic rings. The predicted molar refractivity (Wildman–Crippen MR) is 66.0 cm³/mol. The van der Waals surface area contributed by atoms with Gasteiger partial charge in [-0.15, -0.1) is 0 Å². The van der Waals surface area contributed by atoms with E-state index in [0.29, 0.717) is 30.9 Å². The molecule has 3 nitrogen and oxygen atoms in total. The second kappa shape index (κ2) is 3.98. The molecule has 1 aliphatic heterocycles. The van der Waals surface area contributed by atoms with Crippen LogP contribution in [0.4, 0.5) is 8.78 Å². The maximum Gasteiger partial charge on any atom is 0.280 e. The quantitative estimate of drug-likeness (QED) is 0.733. The Morgan fingerprint density at radius 1 is 1.39 bits per heavy atom. The molecule has 0 fully saturated rings. The summed E-state index contributed by atoms with van der Waals surface area (Å²) in [7, 11) is 0. The van der Waals surface area contributed by atoms with Crippen molar-refractivity contribution < 1.29 is 13.6 Å². The van der Waals surface area contributed by atoms with E-state index in [1.807, 2.05) is 6.26 Å². The molecule has 0 N–H and O–H groups in total. The van der Waals surface area contributed by atoms with Crippen LogP contribution in [0.25, 0.3) is 0 Å². The van der Waals surface area contributed by atoms with Gasteiger partial charge in [-0.05, 0) is 18.1 Å². The molecule has 0 saturated carbocycles. The van der Waals surface area contributed by atoms with Gasteiger partial charge in [0.1, 0.15) is 5.69 Å². The standard InChI is InChI=1S/C12H14F2N2OS/c1-18-16-5-4-15-9(11(16)17)6-8-2-3-12(13,14)7-10(8)15/h6H,2-5,7H2,1H3. The molecule has 1 aromatic rings. The largest absolute Gasteiger partial charge is 0.338 e. The predicted octanol–water partition coefficient (Wildman–Crippen LogP) is 2.35. The summed E-state index contributed by atoms with van der Waals surface area (Å²) in [6, 6.07) is 1.80. The maximum absolute atomic E-state index is 13.5. The van der Waals surface area contributed by atoms with Crippen molar-refractivity contribution in [1.29, 1.82) is 0 Å². The first-order valence-corrected chi connectivity index (χ1v) is 7.15. The van der Waals surface area contributed by atoms with E-state index in [1.54, 1.807) is 14.9 Å². The zero-order chi connectivity index (χ0) is 12.9. The van der Waals surface area contributed by atoms with E-state index in [0.717, 1.165) is 5.56 Å². The van der Waals surface area contributed by atoms with E-state index in [-0.39, 0.29) is 18.7 Å². The second-order valence-electron chi connectivity index (χ2n) is 4.78. The third kappa shape index (κ3) is 1.74. The Bertz CT molecular complexity index is 512. The number of hydrogen-bond donors (Lipinski definition) is 0. The molecule has 1 aliphatic carbocycles. The van der Waals surface area contributed by atoms with Crippen LogP contribution in [-0.2, 0) is 19.4 Å². The van der Waals surface area contributed by atoms with Crippen LogP contribution in [0.2, 0.25) is 0 Å². The molecule has 2 heterocycles. The van der Waals surface area contributed by atoms with Crippen molar-refractivity contribution in [1.82, 2.24) is 8.87 Å². The molecule has 98 valence electrons. The maximum atomic E-state index is 13.5. The number of aromatic nitrogens is 1. The van der Waals surface area contributed by atoms with Crippen molar-refractivity contribution in [2.75, 3.05) is 12.8 Å². The topological polar surface area (TPSA) is 25.2 Å². The fourth-order valence-electron chi connectivity index (χ4n) is 2.75. The highest BCUT2D eigenvalue weighted by atomic mass is 32.2. The van der Waals surface area contributed by atoms with Crippen molar-refractivity contribution in [3.05, 3.63) is 23.0 Å². The molecular weight excluding hydrogens is 258 g/mol. The van der Waals surface area contributed by atoms with Gasteiger partial charge in [0.2, 0.25) is 0 Å². The van der Waals surface area contributed by atoms with Crippen molar-refractivity contribution in [3.63, 3.8) is 0 Å². The van der Waals surface area contributed by atoms with Crippen LogP contribution in [0.3, 0.4) is 0 Å². The molecule has 3 rings (SSSR count). The number of nitrogens with zero attached hydrogens (tertiary/aromatic N) is 2. The number of halogens is 2. The Kier molecular flexibility index (Phi) is 2.66. The minimum Gasteiger partial charge on any atom is -0.338 e. The van der Waals surface area contributed by atoms with Crippen molar-refractivity contribution in [3.8, 4) is 0 Å². The van der Waals surface area contributed by atoms with Gasteiger partial charge in [-0.2, -0.15) is 0 Å². The Balaban J connectivity index is 2.03. The lowest BCUT2D eigenvalue weighted by atomic mass is 9.94. The Hall–Kier alpha value is -1.04.